The van der Waals surface area contributed by atoms with Gasteiger partial charge in [-0.1, -0.05) is 0 Å². The molecule has 9 heteroatoms. The summed E-state index contributed by atoms with van der Waals surface area (Å²) in [6, 6.07) is 3.22. The number of aromatic nitrogens is 4. The van der Waals surface area contributed by atoms with Crippen molar-refractivity contribution in [1.82, 2.24) is 19.8 Å². The Balaban J connectivity index is 1.52. The second-order valence-electron chi connectivity index (χ2n) is 6.10. The fourth-order valence-corrected chi connectivity index (χ4v) is 3.31. The van der Waals surface area contributed by atoms with Gasteiger partial charge >= 0.3 is 6.18 Å². The van der Waals surface area contributed by atoms with Crippen LogP contribution in [0.3, 0.4) is 0 Å². The van der Waals surface area contributed by atoms with Crippen LogP contribution in [-0.2, 0) is 10.9 Å². The van der Waals surface area contributed by atoms with Gasteiger partial charge in [-0.2, -0.15) is 17.7 Å². The van der Waals surface area contributed by atoms with E-state index in [9.17, 15) is 13.2 Å². The zero-order valence-electron chi connectivity index (χ0n) is 12.3. The molecular weight excluding hydrogens is 311 g/mol. The summed E-state index contributed by atoms with van der Waals surface area (Å²) in [5.41, 5.74) is 0.0996. The topological polar surface area (TPSA) is 55.5 Å². The summed E-state index contributed by atoms with van der Waals surface area (Å²) in [5, 5.41) is 10.8. The van der Waals surface area contributed by atoms with Crippen molar-refractivity contribution in [3.63, 3.8) is 0 Å². The van der Waals surface area contributed by atoms with Gasteiger partial charge in [0, 0.05) is 26.3 Å². The van der Waals surface area contributed by atoms with Gasteiger partial charge in [-0.05, 0) is 36.8 Å². The maximum atomic E-state index is 12.9. The molecule has 2 fully saturated rings. The Hall–Kier alpha value is -1.90. The summed E-state index contributed by atoms with van der Waals surface area (Å²) in [5.74, 6) is 0.658. The van der Waals surface area contributed by atoms with E-state index in [2.05, 4.69) is 15.3 Å². The predicted octanol–water partition coefficient (Wildman–Crippen LogP) is 2.01. The Morgan fingerprint density at radius 1 is 1.04 bits per heavy atom. The number of fused-ring (bicyclic) bond motifs is 1. The van der Waals surface area contributed by atoms with Crippen LogP contribution in [0.4, 0.5) is 19.0 Å². The summed E-state index contributed by atoms with van der Waals surface area (Å²) in [4.78, 5) is 2.00. The fraction of sp³-hybridized carbons (Fsp3) is 0.643. The van der Waals surface area contributed by atoms with Crippen molar-refractivity contribution >= 4 is 11.5 Å². The molecule has 2 aliphatic heterocycles. The summed E-state index contributed by atoms with van der Waals surface area (Å²) in [7, 11) is 0. The molecule has 0 spiro atoms. The largest absolute Gasteiger partial charge is 0.453 e. The molecule has 6 nitrogen and oxygen atoms in total. The van der Waals surface area contributed by atoms with Crippen molar-refractivity contribution < 1.29 is 17.9 Å². The van der Waals surface area contributed by atoms with E-state index in [-0.39, 0.29) is 5.65 Å². The number of ether oxygens (including phenoxy) is 1. The van der Waals surface area contributed by atoms with Crippen LogP contribution in [0.15, 0.2) is 12.1 Å². The third kappa shape index (κ3) is 2.62. The molecule has 124 valence electrons. The van der Waals surface area contributed by atoms with E-state index in [1.165, 1.54) is 6.07 Å². The Morgan fingerprint density at radius 2 is 1.78 bits per heavy atom. The number of nitrogens with zero attached hydrogens (tertiary/aromatic N) is 5. The molecule has 0 atom stereocenters. The first-order valence-electron chi connectivity index (χ1n) is 7.65. The molecule has 0 bridgehead atoms. The van der Waals surface area contributed by atoms with Crippen molar-refractivity contribution in [2.24, 2.45) is 11.8 Å². The number of hydrogen-bond donors (Lipinski definition) is 0. The van der Waals surface area contributed by atoms with Crippen LogP contribution in [0.2, 0.25) is 0 Å². The lowest BCUT2D eigenvalue weighted by Gasteiger charge is -2.45. The molecule has 0 amide bonds. The lowest BCUT2D eigenvalue weighted by atomic mass is 9.81. The van der Waals surface area contributed by atoms with E-state index >= 15 is 0 Å². The average Bonchev–Trinajstić information content (AvgIpc) is 2.90. The van der Waals surface area contributed by atoms with Crippen molar-refractivity contribution in [3.8, 4) is 0 Å². The fourth-order valence-electron chi connectivity index (χ4n) is 3.31. The lowest BCUT2D eigenvalue weighted by Crippen LogP contribution is -2.51. The van der Waals surface area contributed by atoms with Gasteiger partial charge in [0.05, 0.1) is 0 Å². The molecule has 2 saturated heterocycles. The standard InChI is InChI=1S/C14H16F3N5O/c15-14(16,17)13-19-18-11-1-2-12(20-22(11)13)21-7-10(8-21)9-3-5-23-6-4-9/h1-2,9-10H,3-8H2. The van der Waals surface area contributed by atoms with Gasteiger partial charge in [-0.25, -0.2) is 0 Å². The highest BCUT2D eigenvalue weighted by atomic mass is 19.4. The quantitative estimate of drug-likeness (QED) is 0.844. The smallest absolute Gasteiger partial charge is 0.381 e. The van der Waals surface area contributed by atoms with E-state index < -0.39 is 12.0 Å². The molecule has 0 saturated carbocycles. The van der Waals surface area contributed by atoms with Crippen molar-refractivity contribution in [1.29, 1.82) is 0 Å². The molecule has 0 N–H and O–H groups in total. The van der Waals surface area contributed by atoms with E-state index in [1.54, 1.807) is 6.07 Å². The molecule has 0 aliphatic carbocycles. The van der Waals surface area contributed by atoms with Gasteiger partial charge < -0.3 is 9.64 Å². The van der Waals surface area contributed by atoms with E-state index in [0.29, 0.717) is 17.7 Å². The van der Waals surface area contributed by atoms with E-state index in [0.717, 1.165) is 43.7 Å². The summed E-state index contributed by atoms with van der Waals surface area (Å²) < 4.78 is 44.8. The number of hydrogen-bond acceptors (Lipinski definition) is 5. The van der Waals surface area contributed by atoms with Gasteiger partial charge in [0.1, 0.15) is 5.82 Å². The molecule has 4 heterocycles. The number of anilines is 1. The third-order valence-electron chi connectivity index (χ3n) is 4.67. The van der Waals surface area contributed by atoms with Crippen LogP contribution in [-0.4, -0.2) is 46.1 Å². The predicted molar refractivity (Wildman–Crippen MR) is 75.0 cm³/mol. The molecular formula is C14H16F3N5O. The SMILES string of the molecule is FC(F)(F)c1nnc2ccc(N3CC(C4CCOCC4)C3)nn12. The maximum Gasteiger partial charge on any atom is 0.453 e. The van der Waals surface area contributed by atoms with Crippen LogP contribution in [0.5, 0.6) is 0 Å². The monoisotopic (exact) mass is 327 g/mol. The Labute approximate surface area is 130 Å². The van der Waals surface area contributed by atoms with Gasteiger partial charge in [-0.3, -0.25) is 0 Å². The minimum absolute atomic E-state index is 0.0996. The molecule has 0 radical (unpaired) electrons. The van der Waals surface area contributed by atoms with E-state index in [1.807, 2.05) is 4.90 Å². The van der Waals surface area contributed by atoms with Crippen LogP contribution < -0.4 is 4.90 Å². The molecule has 2 aliphatic rings. The molecule has 0 unspecified atom stereocenters. The Kier molecular flexibility index (Phi) is 3.40. The maximum absolute atomic E-state index is 12.9. The molecule has 23 heavy (non-hydrogen) atoms. The third-order valence-corrected chi connectivity index (χ3v) is 4.67. The second-order valence-corrected chi connectivity index (χ2v) is 6.10. The highest BCUT2D eigenvalue weighted by Gasteiger charge is 2.39. The first kappa shape index (κ1) is 14.7. The van der Waals surface area contributed by atoms with E-state index in [4.69, 9.17) is 4.74 Å². The summed E-state index contributed by atoms with van der Waals surface area (Å²) in [6.07, 6.45) is -2.44. The Bertz CT molecular complexity index is 704. The van der Waals surface area contributed by atoms with Crippen LogP contribution in [0.1, 0.15) is 18.7 Å². The lowest BCUT2D eigenvalue weighted by molar-refractivity contribution is -0.146. The van der Waals surface area contributed by atoms with Gasteiger partial charge in [0.25, 0.3) is 5.82 Å². The molecule has 2 aromatic heterocycles. The second kappa shape index (κ2) is 5.33. The van der Waals surface area contributed by atoms with Gasteiger partial charge in [0.15, 0.2) is 5.65 Å². The normalized spacial score (nSPS) is 20.9. The molecule has 2 aromatic rings. The number of alkyl halides is 3. The van der Waals surface area contributed by atoms with Crippen molar-refractivity contribution in [3.05, 3.63) is 18.0 Å². The van der Waals surface area contributed by atoms with Crippen molar-refractivity contribution in [2.75, 3.05) is 31.2 Å². The highest BCUT2D eigenvalue weighted by Crippen LogP contribution is 2.34. The first-order chi connectivity index (χ1) is 11.0. The minimum atomic E-state index is -4.56. The zero-order valence-corrected chi connectivity index (χ0v) is 12.3. The average molecular weight is 327 g/mol. The van der Waals surface area contributed by atoms with Gasteiger partial charge in [-0.15, -0.1) is 15.3 Å². The molecule has 0 aromatic carbocycles. The minimum Gasteiger partial charge on any atom is -0.381 e. The first-order valence-corrected chi connectivity index (χ1v) is 7.65. The molecule has 4 rings (SSSR count). The number of halogens is 3. The summed E-state index contributed by atoms with van der Waals surface area (Å²) in [6.45, 7) is 3.27. The van der Waals surface area contributed by atoms with Crippen molar-refractivity contribution in [2.45, 2.75) is 19.0 Å². The zero-order chi connectivity index (χ0) is 16.0. The van der Waals surface area contributed by atoms with Crippen LogP contribution in [0.25, 0.3) is 5.65 Å². The highest BCUT2D eigenvalue weighted by molar-refractivity contribution is 5.47. The number of rotatable bonds is 2. The summed E-state index contributed by atoms with van der Waals surface area (Å²) >= 11 is 0. The van der Waals surface area contributed by atoms with Crippen LogP contribution >= 0.6 is 0 Å². The Morgan fingerprint density at radius 3 is 2.48 bits per heavy atom. The van der Waals surface area contributed by atoms with Gasteiger partial charge in [0.2, 0.25) is 0 Å². The van der Waals surface area contributed by atoms with Crippen LogP contribution in [0, 0.1) is 11.8 Å².